The van der Waals surface area contributed by atoms with E-state index < -0.39 is 0 Å². The number of nitrogens with one attached hydrogen (secondary N) is 1. The number of benzene rings is 1. The molecule has 0 aliphatic heterocycles. The third-order valence-corrected chi connectivity index (χ3v) is 4.01. The average Bonchev–Trinajstić information content (AvgIpc) is 2.87. The van der Waals surface area contributed by atoms with Crippen molar-refractivity contribution in [2.45, 2.75) is 44.2 Å². The number of rotatable bonds is 5. The Morgan fingerprint density at radius 1 is 1.33 bits per heavy atom. The van der Waals surface area contributed by atoms with Crippen LogP contribution in [0.5, 0.6) is 0 Å². The van der Waals surface area contributed by atoms with Crippen LogP contribution in [0.1, 0.15) is 44.2 Å². The van der Waals surface area contributed by atoms with Crippen LogP contribution < -0.4 is 5.32 Å². The van der Waals surface area contributed by atoms with E-state index >= 15 is 0 Å². The summed E-state index contributed by atoms with van der Waals surface area (Å²) in [5, 5.41) is 3.41. The van der Waals surface area contributed by atoms with Crippen LogP contribution >= 0.6 is 0 Å². The van der Waals surface area contributed by atoms with E-state index in [1.807, 2.05) is 19.1 Å². The van der Waals surface area contributed by atoms with Crippen LogP contribution in [0.15, 0.2) is 24.3 Å². The van der Waals surface area contributed by atoms with E-state index in [2.05, 4.69) is 5.32 Å². The molecule has 2 nitrogen and oxygen atoms in total. The van der Waals surface area contributed by atoms with Crippen LogP contribution in [0.2, 0.25) is 0 Å². The van der Waals surface area contributed by atoms with E-state index in [-0.39, 0.29) is 17.5 Å². The molecule has 0 radical (unpaired) electrons. The number of likely N-dealkylation sites (N-methyl/N-ethyl adjacent to an activating group) is 1. The third-order valence-electron chi connectivity index (χ3n) is 4.01. The SMILES string of the molecule is CCNC(c1ccccc1F)C1(OC)CCCC1. The van der Waals surface area contributed by atoms with Crippen LogP contribution in [-0.4, -0.2) is 19.3 Å². The minimum absolute atomic E-state index is 0.0591. The van der Waals surface area contributed by atoms with E-state index in [0.717, 1.165) is 37.8 Å². The van der Waals surface area contributed by atoms with E-state index in [4.69, 9.17) is 4.74 Å². The van der Waals surface area contributed by atoms with E-state index in [1.54, 1.807) is 13.2 Å². The Kier molecular flexibility index (Phi) is 4.36. The summed E-state index contributed by atoms with van der Waals surface area (Å²) in [6.45, 7) is 2.86. The molecule has 1 N–H and O–H groups in total. The number of ether oxygens (including phenoxy) is 1. The molecule has 1 aromatic rings. The molecule has 1 aliphatic carbocycles. The smallest absolute Gasteiger partial charge is 0.128 e. The van der Waals surface area contributed by atoms with Crippen molar-refractivity contribution < 1.29 is 9.13 Å². The van der Waals surface area contributed by atoms with Crippen molar-refractivity contribution in [2.75, 3.05) is 13.7 Å². The normalized spacial score (nSPS) is 19.9. The molecule has 0 aromatic heterocycles. The lowest BCUT2D eigenvalue weighted by molar-refractivity contribution is -0.0372. The summed E-state index contributed by atoms with van der Waals surface area (Å²) in [4.78, 5) is 0. The molecule has 0 bridgehead atoms. The highest BCUT2D eigenvalue weighted by molar-refractivity contribution is 5.25. The van der Waals surface area contributed by atoms with E-state index in [9.17, 15) is 4.39 Å². The largest absolute Gasteiger partial charge is 0.376 e. The summed E-state index contributed by atoms with van der Waals surface area (Å²) in [5.41, 5.74) is 0.473. The van der Waals surface area contributed by atoms with Crippen LogP contribution in [0, 0.1) is 5.82 Å². The average molecular weight is 251 g/mol. The highest BCUT2D eigenvalue weighted by Gasteiger charge is 2.42. The quantitative estimate of drug-likeness (QED) is 0.865. The second-order valence-electron chi connectivity index (χ2n) is 4.99. The zero-order valence-electron chi connectivity index (χ0n) is 11.2. The van der Waals surface area contributed by atoms with Gasteiger partial charge < -0.3 is 10.1 Å². The van der Waals surface area contributed by atoms with Crippen LogP contribution in [0.3, 0.4) is 0 Å². The highest BCUT2D eigenvalue weighted by atomic mass is 19.1. The topological polar surface area (TPSA) is 21.3 Å². The van der Waals surface area contributed by atoms with Gasteiger partial charge in [0.05, 0.1) is 11.6 Å². The van der Waals surface area contributed by atoms with Gasteiger partial charge in [-0.15, -0.1) is 0 Å². The summed E-state index contributed by atoms with van der Waals surface area (Å²) >= 11 is 0. The highest BCUT2D eigenvalue weighted by Crippen LogP contribution is 2.43. The lowest BCUT2D eigenvalue weighted by Crippen LogP contribution is -2.44. The number of halogens is 1. The van der Waals surface area contributed by atoms with Gasteiger partial charge in [0.25, 0.3) is 0 Å². The van der Waals surface area contributed by atoms with Crippen molar-refractivity contribution in [2.24, 2.45) is 0 Å². The Bertz CT molecular complexity index is 388. The van der Waals surface area contributed by atoms with Crippen molar-refractivity contribution >= 4 is 0 Å². The summed E-state index contributed by atoms with van der Waals surface area (Å²) < 4.78 is 19.8. The van der Waals surface area contributed by atoms with Gasteiger partial charge in [-0.1, -0.05) is 38.0 Å². The second-order valence-corrected chi connectivity index (χ2v) is 4.99. The molecule has 1 fully saturated rings. The fourth-order valence-corrected chi connectivity index (χ4v) is 3.08. The van der Waals surface area contributed by atoms with Gasteiger partial charge in [-0.25, -0.2) is 4.39 Å². The first-order chi connectivity index (χ1) is 8.73. The van der Waals surface area contributed by atoms with Gasteiger partial charge in [-0.05, 0) is 25.5 Å². The predicted molar refractivity (Wildman–Crippen MR) is 71.0 cm³/mol. The molecular weight excluding hydrogens is 229 g/mol. The molecule has 18 heavy (non-hydrogen) atoms. The maximum absolute atomic E-state index is 14.0. The van der Waals surface area contributed by atoms with Gasteiger partial charge in [0.2, 0.25) is 0 Å². The first kappa shape index (κ1) is 13.5. The van der Waals surface area contributed by atoms with Gasteiger partial charge in [-0.3, -0.25) is 0 Å². The fourth-order valence-electron chi connectivity index (χ4n) is 3.08. The van der Waals surface area contributed by atoms with Crippen molar-refractivity contribution in [1.29, 1.82) is 0 Å². The molecule has 1 aromatic carbocycles. The van der Waals surface area contributed by atoms with Crippen molar-refractivity contribution in [1.82, 2.24) is 5.32 Å². The van der Waals surface area contributed by atoms with E-state index in [1.165, 1.54) is 6.07 Å². The van der Waals surface area contributed by atoms with Gasteiger partial charge in [0.15, 0.2) is 0 Å². The second kappa shape index (κ2) is 5.81. The van der Waals surface area contributed by atoms with Crippen LogP contribution in [0.4, 0.5) is 4.39 Å². The van der Waals surface area contributed by atoms with Crippen LogP contribution in [-0.2, 0) is 4.74 Å². The molecule has 0 heterocycles. The maximum atomic E-state index is 14.0. The Balaban J connectivity index is 2.36. The zero-order valence-corrected chi connectivity index (χ0v) is 11.2. The summed E-state index contributed by atoms with van der Waals surface area (Å²) in [6, 6.07) is 6.95. The minimum atomic E-state index is -0.252. The molecule has 0 amide bonds. The molecule has 1 saturated carbocycles. The molecule has 2 rings (SSSR count). The van der Waals surface area contributed by atoms with Gasteiger partial charge in [0.1, 0.15) is 5.82 Å². The third kappa shape index (κ3) is 2.43. The monoisotopic (exact) mass is 251 g/mol. The minimum Gasteiger partial charge on any atom is -0.376 e. The summed E-state index contributed by atoms with van der Waals surface area (Å²) in [5.74, 6) is -0.147. The zero-order chi connectivity index (χ0) is 13.0. The number of hydrogen-bond acceptors (Lipinski definition) is 2. The Labute approximate surface area is 109 Å². The van der Waals surface area contributed by atoms with Crippen molar-refractivity contribution in [3.63, 3.8) is 0 Å². The van der Waals surface area contributed by atoms with Gasteiger partial charge in [-0.2, -0.15) is 0 Å². The van der Waals surface area contributed by atoms with Crippen molar-refractivity contribution in [3.05, 3.63) is 35.6 Å². The standard InChI is InChI=1S/C15H22FNO/c1-3-17-14(12-8-4-5-9-13(12)16)15(18-2)10-6-7-11-15/h4-5,8-9,14,17H,3,6-7,10-11H2,1-2H3. The number of hydrogen-bond donors (Lipinski definition) is 1. The van der Waals surface area contributed by atoms with Gasteiger partial charge >= 0.3 is 0 Å². The maximum Gasteiger partial charge on any atom is 0.128 e. The van der Waals surface area contributed by atoms with E-state index in [0.29, 0.717) is 0 Å². The molecule has 3 heteroatoms. The molecule has 100 valence electrons. The summed E-state index contributed by atoms with van der Waals surface area (Å²) in [6.07, 6.45) is 4.30. The first-order valence-corrected chi connectivity index (χ1v) is 6.76. The lowest BCUT2D eigenvalue weighted by atomic mass is 9.86. The fraction of sp³-hybridized carbons (Fsp3) is 0.600. The molecule has 1 aliphatic rings. The Hall–Kier alpha value is -0.930. The van der Waals surface area contributed by atoms with Crippen LogP contribution in [0.25, 0.3) is 0 Å². The molecule has 0 saturated heterocycles. The summed E-state index contributed by atoms with van der Waals surface area (Å²) in [7, 11) is 1.75. The molecule has 0 spiro atoms. The Morgan fingerprint density at radius 3 is 2.56 bits per heavy atom. The molecule has 1 unspecified atom stereocenters. The van der Waals surface area contributed by atoms with Gasteiger partial charge in [0, 0.05) is 12.7 Å². The molecular formula is C15H22FNO. The first-order valence-electron chi connectivity index (χ1n) is 6.76. The van der Waals surface area contributed by atoms with Crippen molar-refractivity contribution in [3.8, 4) is 0 Å². The lowest BCUT2D eigenvalue weighted by Gasteiger charge is -2.37. The Morgan fingerprint density at radius 2 is 2.00 bits per heavy atom. The molecule has 1 atom stereocenters. The number of methoxy groups -OCH3 is 1. The predicted octanol–water partition coefficient (Wildman–Crippen LogP) is 3.44.